The van der Waals surface area contributed by atoms with Crippen LogP contribution in [0.5, 0.6) is 23.0 Å². The Morgan fingerprint density at radius 3 is 2.40 bits per heavy atom. The lowest BCUT2D eigenvalue weighted by atomic mass is 9.95. The van der Waals surface area contributed by atoms with Gasteiger partial charge in [-0.05, 0) is 61.2 Å². The number of methoxy groups -OCH3 is 2. The highest BCUT2D eigenvalue weighted by Gasteiger charge is 2.34. The highest BCUT2D eigenvalue weighted by Crippen LogP contribution is 2.36. The van der Waals surface area contributed by atoms with Crippen molar-refractivity contribution >= 4 is 29.4 Å². The normalized spacial score (nSPS) is 14.8. The number of aromatic nitrogens is 1. The summed E-state index contributed by atoms with van der Waals surface area (Å²) in [5.74, 6) is 0.689. The smallest absolute Gasteiger partial charge is 0.338 e. The summed E-state index contributed by atoms with van der Waals surface area (Å²) < 4.78 is 29.4. The zero-order chi connectivity index (χ0) is 30.6. The van der Waals surface area contributed by atoms with Crippen LogP contribution in [0.3, 0.4) is 0 Å². The zero-order valence-corrected chi connectivity index (χ0v) is 25.5. The van der Waals surface area contributed by atoms with Gasteiger partial charge in [0.15, 0.2) is 27.8 Å². The van der Waals surface area contributed by atoms with Crippen LogP contribution < -0.4 is 33.8 Å². The molecule has 1 aromatic heterocycles. The van der Waals surface area contributed by atoms with Gasteiger partial charge in [-0.2, -0.15) is 0 Å². The molecule has 1 atom stereocenters. The summed E-state index contributed by atoms with van der Waals surface area (Å²) in [5.41, 5.74) is 1.64. The molecule has 2 heterocycles. The van der Waals surface area contributed by atoms with Crippen molar-refractivity contribution in [3.05, 3.63) is 78.5 Å². The van der Waals surface area contributed by atoms with Gasteiger partial charge in [-0.15, -0.1) is 0 Å². The maximum Gasteiger partial charge on any atom is 0.338 e. The first-order valence-electron chi connectivity index (χ1n) is 13.4. The van der Waals surface area contributed by atoms with Gasteiger partial charge in [0.1, 0.15) is 0 Å². The van der Waals surface area contributed by atoms with Crippen molar-refractivity contribution in [2.75, 3.05) is 27.4 Å². The number of allylic oxidation sites excluding steroid dienone is 1. The van der Waals surface area contributed by atoms with E-state index in [1.165, 1.54) is 22.8 Å². The Labute approximate surface area is 247 Å². The van der Waals surface area contributed by atoms with E-state index >= 15 is 0 Å². The van der Waals surface area contributed by atoms with Gasteiger partial charge in [-0.25, -0.2) is 9.79 Å². The minimum absolute atomic E-state index is 0.114. The van der Waals surface area contributed by atoms with Crippen LogP contribution in [-0.4, -0.2) is 43.9 Å². The van der Waals surface area contributed by atoms with Crippen LogP contribution in [0.15, 0.2) is 57.5 Å². The highest BCUT2D eigenvalue weighted by molar-refractivity contribution is 7.07. The molecule has 11 heteroatoms. The Morgan fingerprint density at radius 2 is 1.76 bits per heavy atom. The number of thiazole rings is 1. The quantitative estimate of drug-likeness (QED) is 0.257. The van der Waals surface area contributed by atoms with Gasteiger partial charge in [0, 0.05) is 6.92 Å². The molecule has 0 bridgehead atoms. The number of benzene rings is 2. The van der Waals surface area contributed by atoms with Crippen molar-refractivity contribution in [3.8, 4) is 23.0 Å². The number of carbonyl (C=O) groups excluding carboxylic acids is 2. The Morgan fingerprint density at radius 1 is 1.05 bits per heavy atom. The lowest BCUT2D eigenvalue weighted by Crippen LogP contribution is -2.40. The second-order valence-corrected chi connectivity index (χ2v) is 10.9. The second-order valence-electron chi connectivity index (χ2n) is 9.92. The average molecular weight is 595 g/mol. The molecule has 1 aliphatic heterocycles. The predicted octanol–water partition coefficient (Wildman–Crippen LogP) is 3.78. The summed E-state index contributed by atoms with van der Waals surface area (Å²) in [4.78, 5) is 44.2. The minimum atomic E-state index is -0.862. The van der Waals surface area contributed by atoms with E-state index in [1.54, 1.807) is 64.5 Å². The Bertz CT molecular complexity index is 1720. The maximum absolute atomic E-state index is 14.0. The molecular formula is C31H34N2O8S. The fourth-order valence-electron chi connectivity index (χ4n) is 4.51. The summed E-state index contributed by atoms with van der Waals surface area (Å²) >= 11 is 1.21. The molecule has 0 saturated heterocycles. The van der Waals surface area contributed by atoms with Crippen molar-refractivity contribution in [2.24, 2.45) is 10.9 Å². The number of hydrogen-bond acceptors (Lipinski definition) is 10. The number of carbonyl (C=O) groups is 2. The van der Waals surface area contributed by atoms with Crippen molar-refractivity contribution in [3.63, 3.8) is 0 Å². The molecular weight excluding hydrogens is 560 g/mol. The molecule has 42 heavy (non-hydrogen) atoms. The molecule has 0 amide bonds. The first-order valence-corrected chi connectivity index (χ1v) is 14.3. The predicted molar refractivity (Wildman–Crippen MR) is 158 cm³/mol. The van der Waals surface area contributed by atoms with Crippen molar-refractivity contribution in [1.29, 1.82) is 0 Å². The molecule has 0 saturated carbocycles. The fraction of sp³-hybridized carbons (Fsp3) is 0.355. The van der Waals surface area contributed by atoms with Crippen LogP contribution in [0.25, 0.3) is 6.08 Å². The average Bonchev–Trinajstić information content (AvgIpc) is 3.25. The summed E-state index contributed by atoms with van der Waals surface area (Å²) in [7, 11) is 3.10. The van der Waals surface area contributed by atoms with Crippen LogP contribution in [0.1, 0.15) is 51.8 Å². The molecule has 0 unspecified atom stereocenters. The van der Waals surface area contributed by atoms with E-state index in [9.17, 15) is 14.4 Å². The van der Waals surface area contributed by atoms with Crippen LogP contribution >= 0.6 is 11.3 Å². The van der Waals surface area contributed by atoms with E-state index < -0.39 is 18.0 Å². The van der Waals surface area contributed by atoms with Crippen LogP contribution in [0, 0.1) is 5.92 Å². The van der Waals surface area contributed by atoms with Crippen LogP contribution in [0.2, 0.25) is 0 Å². The van der Waals surface area contributed by atoms with Gasteiger partial charge >= 0.3 is 11.9 Å². The Hall–Kier alpha value is -4.38. The number of rotatable bonds is 10. The SMILES string of the molecule is CCOc1cc([C@H]2C(C(=O)OCC(C)C)=C(C)N=c3s/c(=C/c4ccc(OC)c(OC)c4)c(=O)n32)ccc1OC(C)=O. The monoisotopic (exact) mass is 594 g/mol. The number of ether oxygens (including phenoxy) is 5. The van der Waals surface area contributed by atoms with Crippen LogP contribution in [0.4, 0.5) is 0 Å². The van der Waals surface area contributed by atoms with Gasteiger partial charge < -0.3 is 23.7 Å². The molecule has 3 aromatic rings. The summed E-state index contributed by atoms with van der Waals surface area (Å²) in [6, 6.07) is 9.46. The van der Waals surface area contributed by atoms with E-state index in [1.807, 2.05) is 19.9 Å². The number of hydrogen-bond donors (Lipinski definition) is 0. The maximum atomic E-state index is 14.0. The first-order chi connectivity index (χ1) is 20.1. The summed E-state index contributed by atoms with van der Waals surface area (Å²) in [6.07, 6.45) is 1.74. The third-order valence-corrected chi connectivity index (χ3v) is 7.31. The topological polar surface area (TPSA) is 115 Å². The molecule has 0 fully saturated rings. The standard InChI is InChI=1S/C31H34N2O8S/c1-8-39-25-15-21(10-12-23(25)41-19(5)34)28-27(30(36)40-16-17(2)3)18(4)32-31-33(28)29(35)26(42-31)14-20-9-11-22(37-6)24(13-20)38-7/h9-15,17,28H,8,16H2,1-7H3/b26-14+/t28-/m0/s1. The van der Waals surface area contributed by atoms with Crippen molar-refractivity contribution in [1.82, 2.24) is 4.57 Å². The zero-order valence-electron chi connectivity index (χ0n) is 24.7. The lowest BCUT2D eigenvalue weighted by molar-refractivity contribution is -0.140. The summed E-state index contributed by atoms with van der Waals surface area (Å²) in [5, 5.41) is 0. The third kappa shape index (κ3) is 6.41. The molecule has 0 aliphatic carbocycles. The lowest BCUT2D eigenvalue weighted by Gasteiger charge is -2.25. The third-order valence-electron chi connectivity index (χ3n) is 6.33. The molecule has 0 spiro atoms. The van der Waals surface area contributed by atoms with Crippen LogP contribution in [-0.2, 0) is 14.3 Å². The molecule has 0 radical (unpaired) electrons. The number of fused-ring (bicyclic) bond motifs is 1. The van der Waals surface area contributed by atoms with E-state index in [4.69, 9.17) is 23.7 Å². The second kappa shape index (κ2) is 13.1. The Balaban J connectivity index is 1.93. The molecule has 2 aromatic carbocycles. The molecule has 0 N–H and O–H groups in total. The fourth-order valence-corrected chi connectivity index (χ4v) is 5.56. The van der Waals surface area contributed by atoms with E-state index in [2.05, 4.69) is 4.99 Å². The van der Waals surface area contributed by atoms with Gasteiger partial charge in [0.05, 0.1) is 49.3 Å². The van der Waals surface area contributed by atoms with Gasteiger partial charge in [0.25, 0.3) is 5.56 Å². The number of nitrogens with zero attached hydrogens (tertiary/aromatic N) is 2. The van der Waals surface area contributed by atoms with E-state index in [0.717, 1.165) is 5.56 Å². The van der Waals surface area contributed by atoms with Crippen molar-refractivity contribution < 1.29 is 33.3 Å². The number of esters is 2. The molecule has 1 aliphatic rings. The van der Waals surface area contributed by atoms with Gasteiger partial charge in [0.2, 0.25) is 0 Å². The molecule has 4 rings (SSSR count). The van der Waals surface area contributed by atoms with Gasteiger partial charge in [-0.1, -0.05) is 37.3 Å². The first kappa shape index (κ1) is 30.6. The largest absolute Gasteiger partial charge is 0.493 e. The minimum Gasteiger partial charge on any atom is -0.493 e. The molecule has 222 valence electrons. The summed E-state index contributed by atoms with van der Waals surface area (Å²) in [6.45, 7) is 9.23. The van der Waals surface area contributed by atoms with E-state index in [-0.39, 0.29) is 29.4 Å². The highest BCUT2D eigenvalue weighted by atomic mass is 32.1. The van der Waals surface area contributed by atoms with E-state index in [0.29, 0.717) is 44.4 Å². The van der Waals surface area contributed by atoms with Crippen molar-refractivity contribution in [2.45, 2.75) is 40.7 Å². The molecule has 10 nitrogen and oxygen atoms in total. The van der Waals surface area contributed by atoms with Gasteiger partial charge in [-0.3, -0.25) is 14.2 Å². The Kier molecular flexibility index (Phi) is 9.52.